The molecular formula is C15H31N3O. The Hall–Kier alpha value is -0.160. The van der Waals surface area contributed by atoms with E-state index in [1.54, 1.807) is 0 Å². The summed E-state index contributed by atoms with van der Waals surface area (Å²) in [5.74, 6) is 0. The first-order valence-electron chi connectivity index (χ1n) is 8.14. The van der Waals surface area contributed by atoms with E-state index in [1.165, 1.54) is 38.6 Å². The third-order valence-electron chi connectivity index (χ3n) is 4.59. The van der Waals surface area contributed by atoms with Crippen molar-refractivity contribution in [1.82, 2.24) is 15.1 Å². The minimum absolute atomic E-state index is 0.190. The molecule has 4 nitrogen and oxygen atoms in total. The minimum atomic E-state index is -0.190. The van der Waals surface area contributed by atoms with E-state index in [1.807, 2.05) is 0 Å². The van der Waals surface area contributed by atoms with Crippen molar-refractivity contribution in [2.75, 3.05) is 45.8 Å². The highest BCUT2D eigenvalue weighted by atomic mass is 16.3. The summed E-state index contributed by atoms with van der Waals surface area (Å²) >= 11 is 0. The van der Waals surface area contributed by atoms with Crippen LogP contribution in [0.5, 0.6) is 0 Å². The molecule has 2 saturated heterocycles. The van der Waals surface area contributed by atoms with E-state index in [4.69, 9.17) is 0 Å². The Morgan fingerprint density at radius 3 is 2.63 bits per heavy atom. The largest absolute Gasteiger partial charge is 0.390 e. The predicted molar refractivity (Wildman–Crippen MR) is 79.4 cm³/mol. The zero-order valence-corrected chi connectivity index (χ0v) is 12.5. The summed E-state index contributed by atoms with van der Waals surface area (Å²) in [6.45, 7) is 9.45. The van der Waals surface area contributed by atoms with E-state index in [9.17, 15) is 5.11 Å². The van der Waals surface area contributed by atoms with E-state index in [0.29, 0.717) is 6.04 Å². The van der Waals surface area contributed by atoms with Gasteiger partial charge in [0.25, 0.3) is 0 Å². The molecule has 0 spiro atoms. The van der Waals surface area contributed by atoms with Crippen LogP contribution in [-0.4, -0.2) is 72.9 Å². The van der Waals surface area contributed by atoms with Gasteiger partial charge in [-0.2, -0.15) is 0 Å². The number of β-amino-alcohol motifs (C(OH)–C–C–N with tert-alkyl or cyclic N) is 1. The van der Waals surface area contributed by atoms with Crippen LogP contribution in [0.15, 0.2) is 0 Å². The van der Waals surface area contributed by atoms with Crippen LogP contribution < -0.4 is 5.32 Å². The zero-order chi connectivity index (χ0) is 13.5. The molecule has 19 heavy (non-hydrogen) atoms. The lowest BCUT2D eigenvalue weighted by Gasteiger charge is -2.34. The number of aliphatic hydroxyl groups is 1. The molecule has 0 amide bonds. The zero-order valence-electron chi connectivity index (χ0n) is 12.5. The van der Waals surface area contributed by atoms with Crippen LogP contribution in [0.4, 0.5) is 0 Å². The first-order valence-corrected chi connectivity index (χ1v) is 8.14. The Bertz CT molecular complexity index is 244. The Morgan fingerprint density at radius 2 is 1.89 bits per heavy atom. The van der Waals surface area contributed by atoms with Crippen molar-refractivity contribution in [2.24, 2.45) is 0 Å². The summed E-state index contributed by atoms with van der Waals surface area (Å²) < 4.78 is 0. The van der Waals surface area contributed by atoms with Crippen LogP contribution in [0.3, 0.4) is 0 Å². The van der Waals surface area contributed by atoms with Gasteiger partial charge in [0, 0.05) is 45.3 Å². The van der Waals surface area contributed by atoms with Gasteiger partial charge in [0.15, 0.2) is 0 Å². The SMILES string of the molecule is CCC1CCCCCN1CC(O)CN1CCNCC1. The van der Waals surface area contributed by atoms with Crippen LogP contribution >= 0.6 is 0 Å². The number of likely N-dealkylation sites (tertiary alicyclic amines) is 1. The fourth-order valence-electron chi connectivity index (χ4n) is 3.46. The third kappa shape index (κ3) is 5.03. The normalized spacial score (nSPS) is 29.1. The molecule has 2 atom stereocenters. The van der Waals surface area contributed by atoms with Crippen molar-refractivity contribution in [3.63, 3.8) is 0 Å². The van der Waals surface area contributed by atoms with Crippen molar-refractivity contribution in [1.29, 1.82) is 0 Å². The third-order valence-corrected chi connectivity index (χ3v) is 4.59. The maximum Gasteiger partial charge on any atom is 0.0793 e. The summed E-state index contributed by atoms with van der Waals surface area (Å²) in [5.41, 5.74) is 0. The summed E-state index contributed by atoms with van der Waals surface area (Å²) in [6.07, 6.45) is 6.38. The van der Waals surface area contributed by atoms with Gasteiger partial charge in [-0.05, 0) is 25.8 Å². The summed E-state index contributed by atoms with van der Waals surface area (Å²) in [6, 6.07) is 0.695. The van der Waals surface area contributed by atoms with Crippen molar-refractivity contribution in [3.8, 4) is 0 Å². The average Bonchev–Trinajstić information content (AvgIpc) is 2.64. The second kappa shape index (κ2) is 8.20. The Morgan fingerprint density at radius 1 is 1.11 bits per heavy atom. The smallest absolute Gasteiger partial charge is 0.0793 e. The van der Waals surface area contributed by atoms with E-state index < -0.39 is 0 Å². The highest BCUT2D eigenvalue weighted by Crippen LogP contribution is 2.19. The lowest BCUT2D eigenvalue weighted by Crippen LogP contribution is -2.49. The maximum atomic E-state index is 10.4. The summed E-state index contributed by atoms with van der Waals surface area (Å²) in [5, 5.41) is 13.7. The molecule has 0 saturated carbocycles. The molecule has 112 valence electrons. The molecule has 2 unspecified atom stereocenters. The van der Waals surface area contributed by atoms with Crippen molar-refractivity contribution >= 4 is 0 Å². The van der Waals surface area contributed by atoms with Crippen LogP contribution in [0.1, 0.15) is 39.0 Å². The molecule has 2 aliphatic rings. The van der Waals surface area contributed by atoms with Crippen LogP contribution in [0.25, 0.3) is 0 Å². The molecule has 2 N–H and O–H groups in total. The molecule has 2 aliphatic heterocycles. The lowest BCUT2D eigenvalue weighted by atomic mass is 10.1. The first-order chi connectivity index (χ1) is 9.29. The fourth-order valence-corrected chi connectivity index (χ4v) is 3.46. The molecule has 0 aliphatic carbocycles. The van der Waals surface area contributed by atoms with Gasteiger partial charge in [-0.3, -0.25) is 9.80 Å². The highest BCUT2D eigenvalue weighted by molar-refractivity contribution is 4.79. The Balaban J connectivity index is 1.76. The second-order valence-electron chi connectivity index (χ2n) is 6.11. The quantitative estimate of drug-likeness (QED) is 0.778. The van der Waals surface area contributed by atoms with Gasteiger partial charge >= 0.3 is 0 Å². The maximum absolute atomic E-state index is 10.4. The lowest BCUT2D eigenvalue weighted by molar-refractivity contribution is 0.0539. The van der Waals surface area contributed by atoms with Crippen LogP contribution in [0.2, 0.25) is 0 Å². The minimum Gasteiger partial charge on any atom is -0.390 e. The van der Waals surface area contributed by atoms with Gasteiger partial charge in [-0.15, -0.1) is 0 Å². The standard InChI is InChI=1S/C15H31N3O/c1-2-14-6-4-3-5-9-18(14)13-15(19)12-17-10-7-16-8-11-17/h14-16,19H,2-13H2,1H3. The molecule has 0 bridgehead atoms. The van der Waals surface area contributed by atoms with Crippen LogP contribution in [0, 0.1) is 0 Å². The van der Waals surface area contributed by atoms with Crippen LogP contribution in [-0.2, 0) is 0 Å². The molecule has 0 aromatic carbocycles. The van der Waals surface area contributed by atoms with Crippen molar-refractivity contribution < 1.29 is 5.11 Å². The van der Waals surface area contributed by atoms with Crippen molar-refractivity contribution in [3.05, 3.63) is 0 Å². The molecular weight excluding hydrogens is 238 g/mol. The molecule has 2 heterocycles. The number of rotatable bonds is 5. The molecule has 2 fully saturated rings. The Kier molecular flexibility index (Phi) is 6.57. The highest BCUT2D eigenvalue weighted by Gasteiger charge is 2.23. The fraction of sp³-hybridized carbons (Fsp3) is 1.00. The van der Waals surface area contributed by atoms with Gasteiger partial charge in [-0.25, -0.2) is 0 Å². The molecule has 4 heteroatoms. The number of nitrogens with one attached hydrogen (secondary N) is 1. The summed E-state index contributed by atoms with van der Waals surface area (Å²) in [7, 11) is 0. The van der Waals surface area contributed by atoms with Gasteiger partial charge in [0.05, 0.1) is 6.10 Å². The second-order valence-corrected chi connectivity index (χ2v) is 6.11. The van der Waals surface area contributed by atoms with E-state index in [-0.39, 0.29) is 6.10 Å². The molecule has 2 rings (SSSR count). The topological polar surface area (TPSA) is 38.7 Å². The number of nitrogens with zero attached hydrogens (tertiary/aromatic N) is 2. The Labute approximate surface area is 118 Å². The molecule has 0 aromatic rings. The predicted octanol–water partition coefficient (Wildman–Crippen LogP) is 0.907. The number of hydrogen-bond acceptors (Lipinski definition) is 4. The van der Waals surface area contributed by atoms with E-state index in [2.05, 4.69) is 22.0 Å². The number of hydrogen-bond donors (Lipinski definition) is 2. The van der Waals surface area contributed by atoms with Gasteiger partial charge < -0.3 is 10.4 Å². The first kappa shape index (κ1) is 15.2. The van der Waals surface area contributed by atoms with E-state index in [0.717, 1.165) is 39.3 Å². The van der Waals surface area contributed by atoms with Gasteiger partial charge in [0.1, 0.15) is 0 Å². The molecule has 0 radical (unpaired) electrons. The average molecular weight is 269 g/mol. The van der Waals surface area contributed by atoms with E-state index >= 15 is 0 Å². The number of piperazine rings is 1. The molecule has 0 aromatic heterocycles. The number of aliphatic hydroxyl groups excluding tert-OH is 1. The monoisotopic (exact) mass is 269 g/mol. The van der Waals surface area contributed by atoms with Crippen molar-refractivity contribution in [2.45, 2.75) is 51.2 Å². The van der Waals surface area contributed by atoms with Gasteiger partial charge in [0.2, 0.25) is 0 Å². The van der Waals surface area contributed by atoms with Gasteiger partial charge in [-0.1, -0.05) is 19.8 Å². The summed E-state index contributed by atoms with van der Waals surface area (Å²) in [4.78, 5) is 4.93.